The van der Waals surface area contributed by atoms with Crippen molar-refractivity contribution in [3.05, 3.63) is 59.4 Å². The maximum atomic E-state index is 9.13. The van der Waals surface area contributed by atoms with Crippen LogP contribution in [0, 0.1) is 6.92 Å². The van der Waals surface area contributed by atoms with E-state index in [0.717, 1.165) is 12.2 Å². The first-order valence-electron chi connectivity index (χ1n) is 5.10. The van der Waals surface area contributed by atoms with Crippen molar-refractivity contribution < 1.29 is 5.11 Å². The number of benzene rings is 1. The van der Waals surface area contributed by atoms with Crippen molar-refractivity contribution in [1.29, 1.82) is 0 Å². The van der Waals surface area contributed by atoms with Crippen LogP contribution in [-0.2, 0) is 13.2 Å². The summed E-state index contributed by atoms with van der Waals surface area (Å²) >= 11 is 0. The van der Waals surface area contributed by atoms with Gasteiger partial charge in [0.1, 0.15) is 0 Å². The zero-order valence-electron chi connectivity index (χ0n) is 8.85. The lowest BCUT2D eigenvalue weighted by atomic mass is 10.1. The minimum Gasteiger partial charge on any atom is -0.390 e. The number of aromatic nitrogens is 1. The fraction of sp³-hybridized carbons (Fsp3) is 0.231. The summed E-state index contributed by atoms with van der Waals surface area (Å²) in [6.07, 6.45) is 2.00. The summed E-state index contributed by atoms with van der Waals surface area (Å²) in [6.45, 7) is 3.03. The van der Waals surface area contributed by atoms with Gasteiger partial charge in [-0.25, -0.2) is 0 Å². The van der Waals surface area contributed by atoms with Crippen LogP contribution in [0.5, 0.6) is 0 Å². The van der Waals surface area contributed by atoms with E-state index >= 15 is 0 Å². The van der Waals surface area contributed by atoms with Crippen LogP contribution in [0.2, 0.25) is 0 Å². The molecule has 0 amide bonds. The molecule has 0 saturated heterocycles. The van der Waals surface area contributed by atoms with Gasteiger partial charge in [0.05, 0.1) is 6.61 Å². The number of aryl methyl sites for hydroxylation is 1. The minimum absolute atomic E-state index is 0.0961. The highest BCUT2D eigenvalue weighted by atomic mass is 16.3. The van der Waals surface area contributed by atoms with Crippen LogP contribution < -0.4 is 0 Å². The average Bonchev–Trinajstić information content (AvgIpc) is 2.69. The molecule has 1 N–H and O–H groups in total. The van der Waals surface area contributed by atoms with E-state index in [4.69, 9.17) is 5.11 Å². The normalized spacial score (nSPS) is 10.5. The molecule has 2 heteroatoms. The van der Waals surface area contributed by atoms with E-state index in [1.54, 1.807) is 0 Å². The molecule has 1 heterocycles. The minimum atomic E-state index is 0.0961. The Bertz CT molecular complexity index is 445. The summed E-state index contributed by atoms with van der Waals surface area (Å²) < 4.78 is 2.07. The molecule has 0 spiro atoms. The van der Waals surface area contributed by atoms with Crippen LogP contribution >= 0.6 is 0 Å². The third-order valence-corrected chi connectivity index (χ3v) is 2.69. The SMILES string of the molecule is Cc1ccccc1Cn1cccc1CO. The molecule has 0 bridgehead atoms. The molecule has 0 radical (unpaired) electrons. The Balaban J connectivity index is 2.26. The highest BCUT2D eigenvalue weighted by molar-refractivity contribution is 5.26. The Kier molecular flexibility index (Phi) is 2.88. The molecule has 2 nitrogen and oxygen atoms in total. The van der Waals surface area contributed by atoms with E-state index in [1.807, 2.05) is 30.5 Å². The molecule has 0 fully saturated rings. The van der Waals surface area contributed by atoms with Crippen molar-refractivity contribution in [1.82, 2.24) is 4.57 Å². The van der Waals surface area contributed by atoms with Crippen molar-refractivity contribution in [3.8, 4) is 0 Å². The van der Waals surface area contributed by atoms with Gasteiger partial charge >= 0.3 is 0 Å². The van der Waals surface area contributed by atoms with Crippen LogP contribution in [0.25, 0.3) is 0 Å². The van der Waals surface area contributed by atoms with Gasteiger partial charge in [-0.1, -0.05) is 24.3 Å². The molecule has 78 valence electrons. The van der Waals surface area contributed by atoms with Crippen molar-refractivity contribution >= 4 is 0 Å². The van der Waals surface area contributed by atoms with Gasteiger partial charge in [0.25, 0.3) is 0 Å². The largest absolute Gasteiger partial charge is 0.390 e. The topological polar surface area (TPSA) is 25.2 Å². The van der Waals surface area contributed by atoms with Gasteiger partial charge in [0.15, 0.2) is 0 Å². The maximum Gasteiger partial charge on any atom is 0.0832 e. The summed E-state index contributed by atoms with van der Waals surface area (Å²) in [5, 5.41) is 9.13. The van der Waals surface area contributed by atoms with Crippen LogP contribution in [0.3, 0.4) is 0 Å². The van der Waals surface area contributed by atoms with Crippen LogP contribution in [-0.4, -0.2) is 9.67 Å². The zero-order valence-corrected chi connectivity index (χ0v) is 8.85. The summed E-state index contributed by atoms with van der Waals surface area (Å²) in [4.78, 5) is 0. The zero-order chi connectivity index (χ0) is 10.7. The predicted octanol–water partition coefficient (Wildman–Crippen LogP) is 2.34. The highest BCUT2D eigenvalue weighted by Gasteiger charge is 2.01. The quantitative estimate of drug-likeness (QED) is 0.810. The molecule has 1 aromatic carbocycles. The molecule has 0 aliphatic rings. The van der Waals surface area contributed by atoms with Gasteiger partial charge in [-0.2, -0.15) is 0 Å². The molecular weight excluding hydrogens is 186 g/mol. The lowest BCUT2D eigenvalue weighted by Crippen LogP contribution is -2.04. The van der Waals surface area contributed by atoms with Gasteiger partial charge in [0.2, 0.25) is 0 Å². The number of hydrogen-bond acceptors (Lipinski definition) is 1. The van der Waals surface area contributed by atoms with Crippen molar-refractivity contribution in [2.24, 2.45) is 0 Å². The summed E-state index contributed by atoms with van der Waals surface area (Å²) in [5.41, 5.74) is 3.54. The van der Waals surface area contributed by atoms with E-state index in [0.29, 0.717) is 0 Å². The van der Waals surface area contributed by atoms with Gasteiger partial charge in [-0.15, -0.1) is 0 Å². The summed E-state index contributed by atoms with van der Waals surface area (Å²) in [7, 11) is 0. The van der Waals surface area contributed by atoms with Gasteiger partial charge in [0, 0.05) is 18.4 Å². The fourth-order valence-electron chi connectivity index (χ4n) is 1.72. The second-order valence-corrected chi connectivity index (χ2v) is 3.71. The van der Waals surface area contributed by atoms with Crippen molar-refractivity contribution in [2.45, 2.75) is 20.1 Å². The molecule has 15 heavy (non-hydrogen) atoms. The van der Waals surface area contributed by atoms with E-state index in [2.05, 4.69) is 23.6 Å². The lowest BCUT2D eigenvalue weighted by Gasteiger charge is -2.09. The van der Waals surface area contributed by atoms with Crippen LogP contribution in [0.15, 0.2) is 42.6 Å². The number of nitrogens with zero attached hydrogens (tertiary/aromatic N) is 1. The van der Waals surface area contributed by atoms with Crippen molar-refractivity contribution in [2.75, 3.05) is 0 Å². The molecule has 0 saturated carbocycles. The van der Waals surface area contributed by atoms with Crippen molar-refractivity contribution in [3.63, 3.8) is 0 Å². The number of hydrogen-bond donors (Lipinski definition) is 1. The molecule has 0 aliphatic heterocycles. The number of aliphatic hydroxyl groups is 1. The van der Waals surface area contributed by atoms with E-state index in [1.165, 1.54) is 11.1 Å². The Morgan fingerprint density at radius 2 is 1.93 bits per heavy atom. The lowest BCUT2D eigenvalue weighted by molar-refractivity contribution is 0.271. The van der Waals surface area contributed by atoms with Crippen LogP contribution in [0.4, 0.5) is 0 Å². The third-order valence-electron chi connectivity index (χ3n) is 2.69. The molecule has 2 rings (SSSR count). The van der Waals surface area contributed by atoms with Gasteiger partial charge in [-0.05, 0) is 30.2 Å². The summed E-state index contributed by atoms with van der Waals surface area (Å²) in [5.74, 6) is 0. The first kappa shape index (κ1) is 9.99. The second kappa shape index (κ2) is 4.32. The fourth-order valence-corrected chi connectivity index (χ4v) is 1.72. The Labute approximate surface area is 89.8 Å². The number of aliphatic hydroxyl groups excluding tert-OH is 1. The monoisotopic (exact) mass is 201 g/mol. The predicted molar refractivity (Wildman–Crippen MR) is 60.6 cm³/mol. The Morgan fingerprint density at radius 1 is 1.13 bits per heavy atom. The smallest absolute Gasteiger partial charge is 0.0832 e. The third kappa shape index (κ3) is 2.10. The highest BCUT2D eigenvalue weighted by Crippen LogP contribution is 2.11. The average molecular weight is 201 g/mol. The van der Waals surface area contributed by atoms with E-state index < -0.39 is 0 Å². The summed E-state index contributed by atoms with van der Waals surface area (Å²) in [6, 6.07) is 12.2. The molecule has 0 aliphatic carbocycles. The first-order chi connectivity index (χ1) is 7.31. The molecular formula is C13H15NO. The van der Waals surface area contributed by atoms with E-state index in [9.17, 15) is 0 Å². The van der Waals surface area contributed by atoms with Gasteiger partial charge in [-0.3, -0.25) is 0 Å². The first-order valence-corrected chi connectivity index (χ1v) is 5.10. The Morgan fingerprint density at radius 3 is 2.67 bits per heavy atom. The molecule has 2 aromatic rings. The number of rotatable bonds is 3. The molecule has 0 atom stereocenters. The Hall–Kier alpha value is -1.54. The standard InChI is InChI=1S/C13H15NO/c1-11-5-2-3-6-12(11)9-14-8-4-7-13(14)10-15/h2-8,15H,9-10H2,1H3. The van der Waals surface area contributed by atoms with Crippen LogP contribution in [0.1, 0.15) is 16.8 Å². The maximum absolute atomic E-state index is 9.13. The molecule has 1 aromatic heterocycles. The van der Waals surface area contributed by atoms with E-state index in [-0.39, 0.29) is 6.61 Å². The van der Waals surface area contributed by atoms with Gasteiger partial charge < -0.3 is 9.67 Å². The second-order valence-electron chi connectivity index (χ2n) is 3.71. The molecule has 0 unspecified atom stereocenters.